The molecular formula is C15H18N2O2. The molecule has 1 unspecified atom stereocenters. The molecule has 100 valence electrons. The minimum absolute atomic E-state index is 0.227. The number of Topliss-reactive ketones (excluding diaryl/α,β-unsaturated/α-hetero) is 1. The van der Waals surface area contributed by atoms with Gasteiger partial charge in [0.2, 0.25) is 5.78 Å². The molecule has 0 saturated heterocycles. The van der Waals surface area contributed by atoms with Gasteiger partial charge in [0.15, 0.2) is 6.29 Å². The van der Waals surface area contributed by atoms with Gasteiger partial charge < -0.3 is 5.73 Å². The Labute approximate surface area is 113 Å². The van der Waals surface area contributed by atoms with E-state index in [1.807, 2.05) is 30.5 Å². The molecule has 0 radical (unpaired) electrons. The van der Waals surface area contributed by atoms with Gasteiger partial charge in [0.1, 0.15) is 0 Å². The Hall–Kier alpha value is -2.33. The molecule has 4 heteroatoms. The topological polar surface area (TPSA) is 73.1 Å². The van der Waals surface area contributed by atoms with Crippen LogP contribution < -0.4 is 5.73 Å². The number of benzene rings is 1. The molecule has 1 atom stereocenters. The molecule has 0 bridgehead atoms. The fraction of sp³-hybridized carbons (Fsp3) is 0.133. The van der Waals surface area contributed by atoms with Gasteiger partial charge in [-0.2, -0.15) is 0 Å². The van der Waals surface area contributed by atoms with Gasteiger partial charge in [0, 0.05) is 11.6 Å². The monoisotopic (exact) mass is 258 g/mol. The van der Waals surface area contributed by atoms with E-state index < -0.39 is 11.8 Å². The molecule has 0 amide bonds. The van der Waals surface area contributed by atoms with Crippen LogP contribution in [0.4, 0.5) is 0 Å². The maximum Gasteiger partial charge on any atom is 0.211 e. The van der Waals surface area contributed by atoms with Gasteiger partial charge in [0.25, 0.3) is 0 Å². The van der Waals surface area contributed by atoms with Crippen molar-refractivity contribution in [2.75, 3.05) is 0 Å². The SMILES string of the molecule is C=C.CC(N)C(=O)C=O.c1ccc2ncccc2c1. The predicted octanol–water partition coefficient (Wildman–Crippen LogP) is 2.14. The summed E-state index contributed by atoms with van der Waals surface area (Å²) < 4.78 is 0. The van der Waals surface area contributed by atoms with Gasteiger partial charge in [-0.15, -0.1) is 13.2 Å². The number of nitrogens with two attached hydrogens (primary N) is 1. The average molecular weight is 258 g/mol. The first-order valence-electron chi connectivity index (χ1n) is 5.69. The van der Waals surface area contributed by atoms with Crippen LogP contribution in [0.5, 0.6) is 0 Å². The Morgan fingerprint density at radius 1 is 1.26 bits per heavy atom. The Balaban J connectivity index is 0.000000321. The van der Waals surface area contributed by atoms with Crippen LogP contribution in [0.2, 0.25) is 0 Å². The zero-order valence-electron chi connectivity index (χ0n) is 11.0. The van der Waals surface area contributed by atoms with Gasteiger partial charge in [-0.25, -0.2) is 0 Å². The molecule has 0 spiro atoms. The number of hydrogen-bond donors (Lipinski definition) is 1. The van der Waals surface area contributed by atoms with Crippen molar-refractivity contribution in [3.05, 3.63) is 55.8 Å². The molecule has 4 nitrogen and oxygen atoms in total. The Morgan fingerprint density at radius 2 is 1.84 bits per heavy atom. The highest BCUT2D eigenvalue weighted by atomic mass is 16.2. The number of rotatable bonds is 2. The molecule has 1 heterocycles. The Kier molecular flexibility index (Phi) is 8.49. The second-order valence-corrected chi connectivity index (χ2v) is 3.50. The van der Waals surface area contributed by atoms with Crippen LogP contribution >= 0.6 is 0 Å². The van der Waals surface area contributed by atoms with Crippen molar-refractivity contribution < 1.29 is 9.59 Å². The molecule has 0 fully saturated rings. The first-order chi connectivity index (χ1) is 9.15. The minimum Gasteiger partial charge on any atom is -0.321 e. The standard InChI is InChI=1S/C9H7N.C4H7NO2.C2H4/c1-2-6-9-8(4-1)5-3-7-10-9;1-3(5)4(7)2-6;1-2/h1-7H;2-3H,5H2,1H3;1-2H2. The molecule has 2 aromatic rings. The number of pyridine rings is 1. The summed E-state index contributed by atoms with van der Waals surface area (Å²) in [5.41, 5.74) is 6.03. The lowest BCUT2D eigenvalue weighted by molar-refractivity contribution is -0.130. The summed E-state index contributed by atoms with van der Waals surface area (Å²) >= 11 is 0. The number of para-hydroxylation sites is 1. The van der Waals surface area contributed by atoms with Crippen LogP contribution in [0.3, 0.4) is 0 Å². The number of carbonyl (C=O) groups excluding carboxylic acids is 2. The highest BCUT2D eigenvalue weighted by molar-refractivity contribution is 6.27. The van der Waals surface area contributed by atoms with E-state index in [1.165, 1.54) is 12.3 Å². The molecule has 2 rings (SSSR count). The summed E-state index contributed by atoms with van der Waals surface area (Å²) in [5, 5.41) is 1.20. The van der Waals surface area contributed by atoms with Crippen LogP contribution in [0.1, 0.15) is 6.92 Å². The second-order valence-electron chi connectivity index (χ2n) is 3.50. The smallest absolute Gasteiger partial charge is 0.211 e. The number of aldehydes is 1. The van der Waals surface area contributed by atoms with Crippen molar-refractivity contribution in [3.8, 4) is 0 Å². The average Bonchev–Trinajstić information content (AvgIpc) is 2.49. The number of carbonyl (C=O) groups is 2. The summed E-state index contributed by atoms with van der Waals surface area (Å²) in [5.74, 6) is -0.556. The van der Waals surface area contributed by atoms with Crippen molar-refractivity contribution >= 4 is 23.0 Å². The third-order valence-electron chi connectivity index (χ3n) is 2.08. The zero-order valence-corrected chi connectivity index (χ0v) is 11.0. The van der Waals surface area contributed by atoms with Crippen LogP contribution in [-0.4, -0.2) is 23.1 Å². The van der Waals surface area contributed by atoms with E-state index in [9.17, 15) is 9.59 Å². The summed E-state index contributed by atoms with van der Waals surface area (Å²) in [4.78, 5) is 23.7. The lowest BCUT2D eigenvalue weighted by atomic mass is 10.2. The number of nitrogens with zero attached hydrogens (tertiary/aromatic N) is 1. The summed E-state index contributed by atoms with van der Waals surface area (Å²) in [6.07, 6.45) is 2.03. The number of aromatic nitrogens is 1. The van der Waals surface area contributed by atoms with E-state index >= 15 is 0 Å². The lowest BCUT2D eigenvalue weighted by Gasteiger charge is -1.91. The maximum atomic E-state index is 10.0. The van der Waals surface area contributed by atoms with Gasteiger partial charge in [0.05, 0.1) is 11.6 Å². The molecule has 0 aliphatic carbocycles. The van der Waals surface area contributed by atoms with E-state index in [0.29, 0.717) is 0 Å². The molecular weight excluding hydrogens is 240 g/mol. The van der Waals surface area contributed by atoms with E-state index in [-0.39, 0.29) is 6.29 Å². The van der Waals surface area contributed by atoms with Crippen molar-refractivity contribution in [1.29, 1.82) is 0 Å². The maximum absolute atomic E-state index is 10.0. The van der Waals surface area contributed by atoms with Crippen molar-refractivity contribution in [3.63, 3.8) is 0 Å². The molecule has 19 heavy (non-hydrogen) atoms. The van der Waals surface area contributed by atoms with Crippen LogP contribution in [0, 0.1) is 0 Å². The third-order valence-corrected chi connectivity index (χ3v) is 2.08. The largest absolute Gasteiger partial charge is 0.321 e. The zero-order chi connectivity index (χ0) is 14.7. The highest BCUT2D eigenvalue weighted by Gasteiger charge is 2.02. The first-order valence-corrected chi connectivity index (χ1v) is 5.69. The fourth-order valence-corrected chi connectivity index (χ4v) is 1.12. The quantitative estimate of drug-likeness (QED) is 0.509. The van der Waals surface area contributed by atoms with Crippen molar-refractivity contribution in [1.82, 2.24) is 4.98 Å². The van der Waals surface area contributed by atoms with Gasteiger partial charge >= 0.3 is 0 Å². The van der Waals surface area contributed by atoms with E-state index in [1.54, 1.807) is 0 Å². The van der Waals surface area contributed by atoms with E-state index in [4.69, 9.17) is 5.73 Å². The van der Waals surface area contributed by atoms with Crippen molar-refractivity contribution in [2.24, 2.45) is 5.73 Å². The van der Waals surface area contributed by atoms with Gasteiger partial charge in [-0.3, -0.25) is 14.6 Å². The summed E-state index contributed by atoms with van der Waals surface area (Å²) in [6.45, 7) is 7.47. The van der Waals surface area contributed by atoms with E-state index in [2.05, 4.69) is 30.3 Å². The second kappa shape index (κ2) is 9.67. The summed E-state index contributed by atoms with van der Waals surface area (Å²) in [6, 6.07) is 11.4. The first kappa shape index (κ1) is 16.7. The van der Waals surface area contributed by atoms with Crippen LogP contribution in [0.25, 0.3) is 10.9 Å². The summed E-state index contributed by atoms with van der Waals surface area (Å²) in [7, 11) is 0. The van der Waals surface area contributed by atoms with Crippen molar-refractivity contribution in [2.45, 2.75) is 13.0 Å². The van der Waals surface area contributed by atoms with E-state index in [0.717, 1.165) is 5.52 Å². The number of hydrogen-bond acceptors (Lipinski definition) is 4. The molecule has 1 aromatic heterocycles. The van der Waals surface area contributed by atoms with Gasteiger partial charge in [-0.1, -0.05) is 24.3 Å². The number of fused-ring (bicyclic) bond motifs is 1. The lowest BCUT2D eigenvalue weighted by Crippen LogP contribution is -2.27. The minimum atomic E-state index is -0.641. The highest BCUT2D eigenvalue weighted by Crippen LogP contribution is 2.07. The fourth-order valence-electron chi connectivity index (χ4n) is 1.12. The molecule has 1 aromatic carbocycles. The normalized spacial score (nSPS) is 10.2. The van der Waals surface area contributed by atoms with Crippen LogP contribution in [0.15, 0.2) is 55.8 Å². The molecule has 0 saturated carbocycles. The Bertz CT molecular complexity index is 459. The predicted molar refractivity (Wildman–Crippen MR) is 77.7 cm³/mol. The molecule has 0 aliphatic rings. The van der Waals surface area contributed by atoms with Crippen LogP contribution in [-0.2, 0) is 9.59 Å². The third kappa shape index (κ3) is 6.24. The molecule has 0 aliphatic heterocycles. The van der Waals surface area contributed by atoms with Gasteiger partial charge in [-0.05, 0) is 19.1 Å². The number of ketones is 1. The Morgan fingerprint density at radius 3 is 2.32 bits per heavy atom. The molecule has 2 N–H and O–H groups in total.